The lowest BCUT2D eigenvalue weighted by atomic mass is 10.1. The van der Waals surface area contributed by atoms with Gasteiger partial charge in [-0.25, -0.2) is 14.4 Å². The summed E-state index contributed by atoms with van der Waals surface area (Å²) in [6.07, 6.45) is 3.95. The molecule has 0 N–H and O–H groups in total. The van der Waals surface area contributed by atoms with E-state index in [0.29, 0.717) is 5.57 Å². The predicted molar refractivity (Wildman–Crippen MR) is 104 cm³/mol. The highest BCUT2D eigenvalue weighted by molar-refractivity contribution is 5.95. The maximum absolute atomic E-state index is 12.9. The minimum atomic E-state index is -0.754. The number of amides is 1. The molecule has 8 heteroatoms. The second-order valence-corrected chi connectivity index (χ2v) is 8.66. The normalized spacial score (nSPS) is 19.1. The van der Waals surface area contributed by atoms with Crippen molar-refractivity contribution in [3.05, 3.63) is 35.4 Å². The minimum absolute atomic E-state index is 0.0325. The molecule has 0 spiro atoms. The molecule has 1 amide bonds. The van der Waals surface area contributed by atoms with Crippen LogP contribution in [-0.2, 0) is 28.5 Å². The third kappa shape index (κ3) is 5.85. The average Bonchev–Trinajstić information content (AvgIpc) is 2.79. The van der Waals surface area contributed by atoms with Crippen LogP contribution in [0.25, 0.3) is 0 Å². The quantitative estimate of drug-likeness (QED) is 0.521. The van der Waals surface area contributed by atoms with Gasteiger partial charge in [-0.05, 0) is 67.0 Å². The number of fused-ring (bicyclic) bond motifs is 1. The number of carbonyl (C=O) groups excluding carboxylic acids is 3. The predicted octanol–water partition coefficient (Wildman–Crippen LogP) is 3.58. The van der Waals surface area contributed by atoms with Gasteiger partial charge in [-0.15, -0.1) is 0 Å². The summed E-state index contributed by atoms with van der Waals surface area (Å²) in [5.74, 6) is -1.21. The van der Waals surface area contributed by atoms with E-state index in [-0.39, 0.29) is 24.5 Å². The zero-order valence-corrected chi connectivity index (χ0v) is 18.0. The molecule has 2 rings (SSSR count). The van der Waals surface area contributed by atoms with Crippen LogP contribution in [0.2, 0.25) is 0 Å². The van der Waals surface area contributed by atoms with E-state index in [9.17, 15) is 14.4 Å². The van der Waals surface area contributed by atoms with Gasteiger partial charge in [0.1, 0.15) is 16.9 Å². The van der Waals surface area contributed by atoms with Crippen LogP contribution < -0.4 is 0 Å². The van der Waals surface area contributed by atoms with Gasteiger partial charge in [0, 0.05) is 5.57 Å². The highest BCUT2D eigenvalue weighted by Gasteiger charge is 2.42. The molecule has 0 bridgehead atoms. The second kappa shape index (κ2) is 8.31. The lowest BCUT2D eigenvalue weighted by Crippen LogP contribution is -2.43. The van der Waals surface area contributed by atoms with Gasteiger partial charge in [0.2, 0.25) is 5.76 Å². The van der Waals surface area contributed by atoms with Crippen LogP contribution in [0.3, 0.4) is 0 Å². The molecule has 0 saturated carbocycles. The fourth-order valence-electron chi connectivity index (χ4n) is 2.75. The van der Waals surface area contributed by atoms with Crippen molar-refractivity contribution >= 4 is 18.0 Å². The number of hydrogen-bond acceptors (Lipinski definition) is 7. The Hall–Kier alpha value is -2.77. The third-order valence-corrected chi connectivity index (χ3v) is 3.78. The molecule has 8 nitrogen and oxygen atoms in total. The number of esters is 2. The molecular formula is C21H29NO7. The van der Waals surface area contributed by atoms with Crippen molar-refractivity contribution in [2.45, 2.75) is 72.1 Å². The van der Waals surface area contributed by atoms with Gasteiger partial charge >= 0.3 is 18.0 Å². The van der Waals surface area contributed by atoms with Gasteiger partial charge in [0.25, 0.3) is 0 Å². The number of rotatable bonds is 3. The van der Waals surface area contributed by atoms with Gasteiger partial charge in [-0.3, -0.25) is 4.90 Å². The number of nitrogens with zero attached hydrogens (tertiary/aromatic N) is 1. The Morgan fingerprint density at radius 3 is 2.24 bits per heavy atom. The van der Waals surface area contributed by atoms with Gasteiger partial charge in [-0.1, -0.05) is 0 Å². The Bertz CT molecular complexity index is 778. The smallest absolute Gasteiger partial charge is 0.415 e. The van der Waals surface area contributed by atoms with E-state index >= 15 is 0 Å². The second-order valence-electron chi connectivity index (χ2n) is 8.66. The van der Waals surface area contributed by atoms with Gasteiger partial charge in [-0.2, -0.15) is 0 Å². The summed E-state index contributed by atoms with van der Waals surface area (Å²) in [6, 6.07) is -0.570. The molecule has 1 unspecified atom stereocenters. The van der Waals surface area contributed by atoms with Crippen LogP contribution in [0.1, 0.15) is 54.9 Å². The van der Waals surface area contributed by atoms with E-state index in [1.807, 2.05) is 0 Å². The first-order chi connectivity index (χ1) is 13.3. The first-order valence-electron chi connectivity index (χ1n) is 9.53. The van der Waals surface area contributed by atoms with Crippen LogP contribution in [0.4, 0.5) is 4.79 Å². The topological polar surface area (TPSA) is 91.4 Å². The number of hydrogen-bond donors (Lipinski definition) is 0. The van der Waals surface area contributed by atoms with Crippen molar-refractivity contribution in [3.8, 4) is 0 Å². The molecule has 2 aliphatic heterocycles. The van der Waals surface area contributed by atoms with E-state index in [1.165, 1.54) is 23.3 Å². The lowest BCUT2D eigenvalue weighted by Gasteiger charge is -2.30. The zero-order valence-electron chi connectivity index (χ0n) is 18.0. The van der Waals surface area contributed by atoms with Gasteiger partial charge in [0.15, 0.2) is 0 Å². The highest BCUT2D eigenvalue weighted by Crippen LogP contribution is 2.34. The largest absolute Gasteiger partial charge is 0.460 e. The summed E-state index contributed by atoms with van der Waals surface area (Å²) in [4.78, 5) is 38.8. The Morgan fingerprint density at radius 1 is 1.07 bits per heavy atom. The Morgan fingerprint density at radius 2 is 1.69 bits per heavy atom. The monoisotopic (exact) mass is 407 g/mol. The molecule has 160 valence electrons. The number of carbonyl (C=O) groups is 3. The molecule has 2 aliphatic rings. The first-order valence-corrected chi connectivity index (χ1v) is 9.53. The minimum Gasteiger partial charge on any atom is -0.460 e. The van der Waals surface area contributed by atoms with E-state index in [0.717, 1.165) is 0 Å². The van der Waals surface area contributed by atoms with Gasteiger partial charge in [0.05, 0.1) is 18.9 Å². The molecule has 2 heterocycles. The molecule has 0 saturated heterocycles. The van der Waals surface area contributed by atoms with Crippen molar-refractivity contribution in [1.82, 2.24) is 4.90 Å². The fraction of sp³-hybridized carbons (Fsp3) is 0.571. The van der Waals surface area contributed by atoms with E-state index in [4.69, 9.17) is 18.9 Å². The van der Waals surface area contributed by atoms with Crippen LogP contribution in [0.5, 0.6) is 0 Å². The molecule has 29 heavy (non-hydrogen) atoms. The maximum Gasteiger partial charge on any atom is 0.415 e. The molecule has 0 aromatic heterocycles. The van der Waals surface area contributed by atoms with Crippen molar-refractivity contribution in [2.75, 3.05) is 6.61 Å². The Balaban J connectivity index is 2.37. The van der Waals surface area contributed by atoms with E-state index < -0.39 is 35.3 Å². The molecule has 0 fully saturated rings. The Labute approximate surface area is 171 Å². The van der Waals surface area contributed by atoms with Crippen LogP contribution >= 0.6 is 0 Å². The highest BCUT2D eigenvalue weighted by atomic mass is 16.6. The van der Waals surface area contributed by atoms with E-state index in [1.54, 1.807) is 48.5 Å². The molecule has 0 aliphatic carbocycles. The fourth-order valence-corrected chi connectivity index (χ4v) is 2.75. The third-order valence-electron chi connectivity index (χ3n) is 3.78. The van der Waals surface area contributed by atoms with Gasteiger partial charge < -0.3 is 18.9 Å². The summed E-state index contributed by atoms with van der Waals surface area (Å²) in [5, 5.41) is 0. The van der Waals surface area contributed by atoms with Crippen molar-refractivity contribution < 1.29 is 33.3 Å². The summed E-state index contributed by atoms with van der Waals surface area (Å²) in [6.45, 7) is 12.4. The Kier molecular flexibility index (Phi) is 6.45. The molecule has 0 radical (unpaired) electrons. The average molecular weight is 407 g/mol. The molecular weight excluding hydrogens is 378 g/mol. The summed E-state index contributed by atoms with van der Waals surface area (Å²) >= 11 is 0. The zero-order chi connectivity index (χ0) is 22.0. The van der Waals surface area contributed by atoms with Crippen LogP contribution in [0.15, 0.2) is 35.4 Å². The van der Waals surface area contributed by atoms with Crippen molar-refractivity contribution in [2.24, 2.45) is 0 Å². The van der Waals surface area contributed by atoms with Crippen LogP contribution in [-0.4, -0.2) is 46.8 Å². The molecule has 0 aromatic carbocycles. The standard InChI is InChI=1S/C21H29NO7/c1-8-26-18(24)16-10-9-14-13(12-27-16)11-15(17(23)28-20(2,3)4)22(14)19(25)29-21(5,6)7/h10-12,14H,8-9H2,1-7H3. The van der Waals surface area contributed by atoms with Crippen molar-refractivity contribution in [3.63, 3.8) is 0 Å². The first kappa shape index (κ1) is 22.5. The van der Waals surface area contributed by atoms with E-state index in [2.05, 4.69) is 0 Å². The summed E-state index contributed by atoms with van der Waals surface area (Å²) in [5.41, 5.74) is -0.881. The lowest BCUT2D eigenvalue weighted by molar-refractivity contribution is -0.151. The molecule has 1 atom stereocenters. The summed E-state index contributed by atoms with van der Waals surface area (Å²) < 4.78 is 21.3. The number of ether oxygens (including phenoxy) is 4. The SMILES string of the molecule is CCOC(=O)C1=CCC2C(=CO1)C=C(C(=O)OC(C)(C)C)N2C(=O)OC(C)(C)C. The summed E-state index contributed by atoms with van der Waals surface area (Å²) in [7, 11) is 0. The maximum atomic E-state index is 12.9. The van der Waals surface area contributed by atoms with Crippen molar-refractivity contribution in [1.29, 1.82) is 0 Å². The molecule has 0 aromatic rings. The van der Waals surface area contributed by atoms with Crippen LogP contribution in [0, 0.1) is 0 Å².